The van der Waals surface area contributed by atoms with Gasteiger partial charge in [0.25, 0.3) is 0 Å². The summed E-state index contributed by atoms with van der Waals surface area (Å²) in [5.41, 5.74) is 0.272. The van der Waals surface area contributed by atoms with Crippen LogP contribution < -0.4 is 5.32 Å². The highest BCUT2D eigenvalue weighted by Crippen LogP contribution is 2.27. The van der Waals surface area contributed by atoms with E-state index in [4.69, 9.17) is 0 Å². The number of hydrogen-bond donors (Lipinski definition) is 1. The van der Waals surface area contributed by atoms with Crippen LogP contribution in [-0.2, 0) is 0 Å². The molecule has 0 radical (unpaired) electrons. The monoisotopic (exact) mass is 226 g/mol. The first-order valence-corrected chi connectivity index (χ1v) is 7.02. The van der Waals surface area contributed by atoms with Gasteiger partial charge in [0.15, 0.2) is 0 Å². The van der Waals surface area contributed by atoms with Crippen molar-refractivity contribution in [3.8, 4) is 0 Å². The molecule has 1 saturated carbocycles. The molecule has 16 heavy (non-hydrogen) atoms. The number of rotatable bonds is 8. The number of nitrogens with zero attached hydrogens (tertiary/aromatic N) is 1. The lowest BCUT2D eigenvalue weighted by Crippen LogP contribution is -2.38. The first-order valence-electron chi connectivity index (χ1n) is 7.02. The van der Waals surface area contributed by atoms with E-state index in [1.807, 2.05) is 0 Å². The van der Waals surface area contributed by atoms with Crippen LogP contribution >= 0.6 is 0 Å². The Labute approximate surface area is 102 Å². The lowest BCUT2D eigenvalue weighted by molar-refractivity contribution is 0.251. The van der Waals surface area contributed by atoms with Crippen molar-refractivity contribution in [1.82, 2.24) is 10.2 Å². The minimum absolute atomic E-state index is 0.272. The molecule has 0 unspecified atom stereocenters. The molecule has 0 aromatic heterocycles. The zero-order chi connectivity index (χ0) is 12.0. The molecule has 0 spiro atoms. The van der Waals surface area contributed by atoms with Crippen LogP contribution in [0.15, 0.2) is 0 Å². The van der Waals surface area contributed by atoms with Gasteiger partial charge in [0.05, 0.1) is 0 Å². The first kappa shape index (κ1) is 14.0. The van der Waals surface area contributed by atoms with Gasteiger partial charge < -0.3 is 10.2 Å². The minimum atomic E-state index is 0.272. The van der Waals surface area contributed by atoms with Gasteiger partial charge >= 0.3 is 0 Å². The van der Waals surface area contributed by atoms with E-state index >= 15 is 0 Å². The molecule has 0 aromatic rings. The van der Waals surface area contributed by atoms with E-state index in [0.29, 0.717) is 0 Å². The molecule has 0 amide bonds. The third-order valence-corrected chi connectivity index (χ3v) is 3.14. The molecule has 0 atom stereocenters. The molecule has 1 fully saturated rings. The predicted octanol–water partition coefficient (Wildman–Crippen LogP) is 3.03. The van der Waals surface area contributed by atoms with Crippen LogP contribution in [0.1, 0.15) is 59.8 Å². The van der Waals surface area contributed by atoms with Crippen LogP contribution in [0.5, 0.6) is 0 Å². The van der Waals surface area contributed by atoms with Crippen molar-refractivity contribution in [3.63, 3.8) is 0 Å². The quantitative estimate of drug-likeness (QED) is 0.640. The molecule has 96 valence electrons. The topological polar surface area (TPSA) is 15.3 Å². The Hall–Kier alpha value is -0.0800. The molecular formula is C14H30N2. The van der Waals surface area contributed by atoms with E-state index in [-0.39, 0.29) is 5.54 Å². The Morgan fingerprint density at radius 2 is 1.75 bits per heavy atom. The summed E-state index contributed by atoms with van der Waals surface area (Å²) in [5.74, 6) is 0. The van der Waals surface area contributed by atoms with E-state index in [1.165, 1.54) is 45.2 Å². The summed E-state index contributed by atoms with van der Waals surface area (Å²) in [5, 5.41) is 3.57. The average molecular weight is 226 g/mol. The highest BCUT2D eigenvalue weighted by Gasteiger charge is 2.27. The summed E-state index contributed by atoms with van der Waals surface area (Å²) in [6, 6.07) is 0.932. The molecule has 0 heterocycles. The Balaban J connectivity index is 2.08. The first-order chi connectivity index (χ1) is 7.53. The van der Waals surface area contributed by atoms with Gasteiger partial charge in [0.1, 0.15) is 0 Å². The second-order valence-electron chi connectivity index (χ2n) is 6.15. The summed E-state index contributed by atoms with van der Waals surface area (Å²) in [4.78, 5) is 2.70. The Bertz CT molecular complexity index is 180. The lowest BCUT2D eigenvalue weighted by Gasteiger charge is -2.24. The van der Waals surface area contributed by atoms with Crippen LogP contribution in [0.2, 0.25) is 0 Å². The highest BCUT2D eigenvalue weighted by atomic mass is 15.2. The number of nitrogens with one attached hydrogen (secondary N) is 1. The lowest BCUT2D eigenvalue weighted by atomic mass is 10.1. The average Bonchev–Trinajstić information content (AvgIpc) is 2.98. The van der Waals surface area contributed by atoms with Gasteiger partial charge in [-0.15, -0.1) is 0 Å². The smallest absolute Gasteiger partial charge is 0.00965 e. The van der Waals surface area contributed by atoms with E-state index < -0.39 is 0 Å². The Kier molecular flexibility index (Phi) is 5.77. The fourth-order valence-corrected chi connectivity index (χ4v) is 2.02. The predicted molar refractivity (Wildman–Crippen MR) is 71.9 cm³/mol. The van der Waals surface area contributed by atoms with Crippen LogP contribution in [0.4, 0.5) is 0 Å². The Morgan fingerprint density at radius 1 is 1.12 bits per heavy atom. The molecule has 1 aliphatic rings. The molecule has 0 aromatic carbocycles. The Morgan fingerprint density at radius 3 is 2.25 bits per heavy atom. The van der Waals surface area contributed by atoms with Gasteiger partial charge in [0.2, 0.25) is 0 Å². The third kappa shape index (κ3) is 6.49. The van der Waals surface area contributed by atoms with Crippen molar-refractivity contribution < 1.29 is 0 Å². The van der Waals surface area contributed by atoms with Gasteiger partial charge in [-0.2, -0.15) is 0 Å². The minimum Gasteiger partial charge on any atom is -0.312 e. The summed E-state index contributed by atoms with van der Waals surface area (Å²) in [6.07, 6.45) is 6.86. The van der Waals surface area contributed by atoms with E-state index in [0.717, 1.165) is 12.6 Å². The molecular weight excluding hydrogens is 196 g/mol. The summed E-state index contributed by atoms with van der Waals surface area (Å²) < 4.78 is 0. The van der Waals surface area contributed by atoms with Crippen molar-refractivity contribution in [2.75, 3.05) is 19.6 Å². The van der Waals surface area contributed by atoms with E-state index in [1.54, 1.807) is 0 Å². The van der Waals surface area contributed by atoms with Gasteiger partial charge in [-0.25, -0.2) is 0 Å². The van der Waals surface area contributed by atoms with E-state index in [9.17, 15) is 0 Å². The molecule has 0 bridgehead atoms. The van der Waals surface area contributed by atoms with Crippen LogP contribution in [0.25, 0.3) is 0 Å². The zero-order valence-corrected chi connectivity index (χ0v) is 11.7. The number of hydrogen-bond acceptors (Lipinski definition) is 2. The van der Waals surface area contributed by atoms with Crippen molar-refractivity contribution in [2.45, 2.75) is 71.4 Å². The maximum atomic E-state index is 3.57. The molecule has 0 aliphatic heterocycles. The van der Waals surface area contributed by atoms with Crippen LogP contribution in [0.3, 0.4) is 0 Å². The van der Waals surface area contributed by atoms with Crippen molar-refractivity contribution >= 4 is 0 Å². The van der Waals surface area contributed by atoms with E-state index in [2.05, 4.69) is 37.9 Å². The molecule has 1 aliphatic carbocycles. The molecule has 0 saturated heterocycles. The normalized spacial score (nSPS) is 17.1. The molecule has 2 nitrogen and oxygen atoms in total. The SMILES string of the molecule is CCCCN(CCCNC(C)(C)C)C1CC1. The zero-order valence-electron chi connectivity index (χ0n) is 11.7. The van der Waals surface area contributed by atoms with Crippen LogP contribution in [0, 0.1) is 0 Å². The van der Waals surface area contributed by atoms with Crippen molar-refractivity contribution in [1.29, 1.82) is 0 Å². The van der Waals surface area contributed by atoms with Crippen molar-refractivity contribution in [2.24, 2.45) is 0 Å². The van der Waals surface area contributed by atoms with Gasteiger partial charge in [-0.3, -0.25) is 0 Å². The fourth-order valence-electron chi connectivity index (χ4n) is 2.02. The van der Waals surface area contributed by atoms with Crippen LogP contribution in [-0.4, -0.2) is 36.1 Å². The molecule has 1 rings (SSSR count). The summed E-state index contributed by atoms with van der Waals surface area (Å²) >= 11 is 0. The van der Waals surface area contributed by atoms with Gasteiger partial charge in [-0.05, 0) is 66.1 Å². The maximum absolute atomic E-state index is 3.57. The summed E-state index contributed by atoms with van der Waals surface area (Å²) in [7, 11) is 0. The van der Waals surface area contributed by atoms with Crippen molar-refractivity contribution in [3.05, 3.63) is 0 Å². The standard InChI is InChI=1S/C14H30N2/c1-5-6-11-16(13-8-9-13)12-7-10-15-14(2,3)4/h13,15H,5-12H2,1-4H3. The maximum Gasteiger partial charge on any atom is 0.00965 e. The number of unbranched alkanes of at least 4 members (excludes halogenated alkanes) is 1. The largest absolute Gasteiger partial charge is 0.312 e. The fraction of sp³-hybridized carbons (Fsp3) is 1.00. The second-order valence-corrected chi connectivity index (χ2v) is 6.15. The molecule has 1 N–H and O–H groups in total. The second kappa shape index (κ2) is 6.61. The van der Waals surface area contributed by atoms with Gasteiger partial charge in [0, 0.05) is 11.6 Å². The highest BCUT2D eigenvalue weighted by molar-refractivity contribution is 4.84. The van der Waals surface area contributed by atoms with Gasteiger partial charge in [-0.1, -0.05) is 13.3 Å². The third-order valence-electron chi connectivity index (χ3n) is 3.14. The molecule has 2 heteroatoms. The summed E-state index contributed by atoms with van der Waals surface area (Å²) in [6.45, 7) is 12.8.